The van der Waals surface area contributed by atoms with Gasteiger partial charge in [0.05, 0.1) is 17.7 Å². The van der Waals surface area contributed by atoms with Gasteiger partial charge in [0.15, 0.2) is 0 Å². The molecule has 0 bridgehead atoms. The van der Waals surface area contributed by atoms with Crippen molar-refractivity contribution in [2.75, 3.05) is 5.32 Å². The van der Waals surface area contributed by atoms with Crippen LogP contribution >= 0.6 is 11.3 Å². The largest absolute Gasteiger partial charge is 0.481 e. The lowest BCUT2D eigenvalue weighted by atomic mass is 10.2. The lowest BCUT2D eigenvalue weighted by molar-refractivity contribution is -0.136. The summed E-state index contributed by atoms with van der Waals surface area (Å²) < 4.78 is 0. The van der Waals surface area contributed by atoms with Crippen molar-refractivity contribution in [1.29, 1.82) is 0 Å². The van der Waals surface area contributed by atoms with Crippen LogP contribution < -0.4 is 5.32 Å². The van der Waals surface area contributed by atoms with E-state index < -0.39 is 5.97 Å². The summed E-state index contributed by atoms with van der Waals surface area (Å²) in [6.07, 6.45) is 3.03. The summed E-state index contributed by atoms with van der Waals surface area (Å²) in [5, 5.41) is 14.1. The number of amides is 1. The van der Waals surface area contributed by atoms with Crippen LogP contribution in [0.3, 0.4) is 0 Å². The lowest BCUT2D eigenvalue weighted by Gasteiger charge is -2.05. The Morgan fingerprint density at radius 2 is 1.96 bits per heavy atom. The summed E-state index contributed by atoms with van der Waals surface area (Å²) in [6.45, 7) is 0. The highest BCUT2D eigenvalue weighted by atomic mass is 32.1. The van der Waals surface area contributed by atoms with E-state index in [-0.39, 0.29) is 12.3 Å². The summed E-state index contributed by atoms with van der Waals surface area (Å²) in [7, 11) is 0. The van der Waals surface area contributed by atoms with Gasteiger partial charge in [-0.2, -0.15) is 0 Å². The van der Waals surface area contributed by atoms with E-state index in [2.05, 4.69) is 15.3 Å². The van der Waals surface area contributed by atoms with Crippen LogP contribution in [0.25, 0.3) is 10.6 Å². The van der Waals surface area contributed by atoms with Crippen molar-refractivity contribution in [1.82, 2.24) is 9.97 Å². The number of carboxylic acid groups (broad SMARTS) is 1. The van der Waals surface area contributed by atoms with Gasteiger partial charge in [-0.05, 0) is 36.4 Å². The van der Waals surface area contributed by atoms with E-state index in [1.54, 1.807) is 35.8 Å². The maximum Gasteiger partial charge on any atom is 0.309 e. The van der Waals surface area contributed by atoms with Gasteiger partial charge >= 0.3 is 5.97 Å². The Kier molecular flexibility index (Phi) is 4.62. The monoisotopic (exact) mass is 339 g/mol. The predicted molar refractivity (Wildman–Crippen MR) is 91.1 cm³/mol. The average Bonchev–Trinajstić information content (AvgIpc) is 3.04. The molecule has 7 heteroatoms. The molecule has 24 heavy (non-hydrogen) atoms. The van der Waals surface area contributed by atoms with Gasteiger partial charge in [0.1, 0.15) is 5.01 Å². The van der Waals surface area contributed by atoms with Crippen LogP contribution in [0.1, 0.15) is 16.1 Å². The molecule has 120 valence electrons. The Morgan fingerprint density at radius 1 is 1.17 bits per heavy atom. The maximum atomic E-state index is 12.1. The predicted octanol–water partition coefficient (Wildman–Crippen LogP) is 3.08. The van der Waals surface area contributed by atoms with Crippen LogP contribution in [0.5, 0.6) is 0 Å². The molecule has 0 atom stereocenters. The van der Waals surface area contributed by atoms with Gasteiger partial charge in [-0.15, -0.1) is 11.3 Å². The molecule has 0 spiro atoms. The van der Waals surface area contributed by atoms with E-state index in [0.29, 0.717) is 16.9 Å². The molecule has 0 aliphatic heterocycles. The summed E-state index contributed by atoms with van der Waals surface area (Å²) >= 11 is 1.39. The van der Waals surface area contributed by atoms with Gasteiger partial charge in [0, 0.05) is 29.0 Å². The molecule has 2 N–H and O–H groups in total. The fourth-order valence-electron chi connectivity index (χ4n) is 2.07. The van der Waals surface area contributed by atoms with Crippen LogP contribution in [0, 0.1) is 0 Å². The Labute approximate surface area is 141 Å². The van der Waals surface area contributed by atoms with Crippen molar-refractivity contribution in [2.45, 2.75) is 6.42 Å². The molecular formula is C17H13N3O3S. The number of aliphatic carboxylic acids is 1. The zero-order valence-corrected chi connectivity index (χ0v) is 13.3. The van der Waals surface area contributed by atoms with Crippen LogP contribution in [0.15, 0.2) is 54.2 Å². The van der Waals surface area contributed by atoms with Gasteiger partial charge in [-0.1, -0.05) is 0 Å². The fraction of sp³-hybridized carbons (Fsp3) is 0.0588. The molecule has 1 aromatic carbocycles. The average molecular weight is 339 g/mol. The summed E-state index contributed by atoms with van der Waals surface area (Å²) in [5.74, 6) is -1.13. The number of carbonyl (C=O) groups excluding carboxylic acids is 1. The van der Waals surface area contributed by atoms with E-state index in [4.69, 9.17) is 5.11 Å². The molecule has 0 saturated carbocycles. The minimum absolute atomic E-state index is 0.0875. The molecule has 1 amide bonds. The van der Waals surface area contributed by atoms with Gasteiger partial charge in [0.25, 0.3) is 5.91 Å². The minimum atomic E-state index is -0.902. The van der Waals surface area contributed by atoms with Gasteiger partial charge in [-0.3, -0.25) is 14.6 Å². The zero-order valence-electron chi connectivity index (χ0n) is 12.5. The number of pyridine rings is 1. The molecule has 6 nitrogen and oxygen atoms in total. The third kappa shape index (κ3) is 3.82. The molecule has 0 unspecified atom stereocenters. The topological polar surface area (TPSA) is 92.2 Å². The highest BCUT2D eigenvalue weighted by molar-refractivity contribution is 7.13. The molecule has 0 aliphatic carbocycles. The molecule has 2 heterocycles. The number of aromatic nitrogens is 2. The molecule has 3 rings (SSSR count). The fourth-order valence-corrected chi connectivity index (χ4v) is 2.90. The van der Waals surface area contributed by atoms with E-state index in [9.17, 15) is 9.59 Å². The van der Waals surface area contributed by atoms with Crippen molar-refractivity contribution >= 4 is 28.9 Å². The first-order valence-electron chi connectivity index (χ1n) is 7.10. The third-order valence-electron chi connectivity index (χ3n) is 3.20. The Hall–Kier alpha value is -3.06. The quantitative estimate of drug-likeness (QED) is 0.745. The minimum Gasteiger partial charge on any atom is -0.481 e. The van der Waals surface area contributed by atoms with Crippen LogP contribution in [-0.2, 0) is 11.2 Å². The summed E-state index contributed by atoms with van der Waals surface area (Å²) in [4.78, 5) is 31.0. The van der Waals surface area contributed by atoms with E-state index in [0.717, 1.165) is 10.6 Å². The number of anilines is 1. The molecule has 2 aromatic heterocycles. The Balaban J connectivity index is 1.70. The number of thiazole rings is 1. The molecule has 0 saturated heterocycles. The second-order valence-corrected chi connectivity index (χ2v) is 5.85. The number of carboxylic acids is 1. The number of carbonyl (C=O) groups is 2. The van der Waals surface area contributed by atoms with Crippen molar-refractivity contribution < 1.29 is 14.7 Å². The standard InChI is InChI=1S/C17H13N3O3S/c21-15(22)8-14-10-24-17(20-14)11-3-5-13(6-4-11)19-16(23)12-2-1-7-18-9-12/h1-7,9-10H,8H2,(H,19,23)(H,21,22). The molecular weight excluding hydrogens is 326 g/mol. The van der Waals surface area contributed by atoms with E-state index in [1.807, 2.05) is 12.1 Å². The van der Waals surface area contributed by atoms with E-state index >= 15 is 0 Å². The highest BCUT2D eigenvalue weighted by Crippen LogP contribution is 2.25. The molecule has 0 fully saturated rings. The van der Waals surface area contributed by atoms with Crippen molar-refractivity contribution in [3.05, 3.63) is 65.4 Å². The van der Waals surface area contributed by atoms with Crippen LogP contribution in [0.4, 0.5) is 5.69 Å². The van der Waals surface area contributed by atoms with Crippen LogP contribution in [0.2, 0.25) is 0 Å². The number of nitrogens with one attached hydrogen (secondary N) is 1. The van der Waals surface area contributed by atoms with Crippen LogP contribution in [-0.4, -0.2) is 27.0 Å². The Morgan fingerprint density at radius 3 is 2.62 bits per heavy atom. The number of rotatable bonds is 5. The van der Waals surface area contributed by atoms with Crippen molar-refractivity contribution in [2.24, 2.45) is 0 Å². The normalized spacial score (nSPS) is 10.3. The lowest BCUT2D eigenvalue weighted by Crippen LogP contribution is -2.11. The second kappa shape index (κ2) is 7.01. The first-order valence-corrected chi connectivity index (χ1v) is 7.98. The van der Waals surface area contributed by atoms with E-state index in [1.165, 1.54) is 17.5 Å². The molecule has 3 aromatic rings. The molecule has 0 radical (unpaired) electrons. The summed E-state index contributed by atoms with van der Waals surface area (Å²) in [6, 6.07) is 10.6. The SMILES string of the molecule is O=C(O)Cc1csc(-c2ccc(NC(=O)c3cccnc3)cc2)n1. The van der Waals surface area contributed by atoms with Gasteiger partial charge < -0.3 is 10.4 Å². The zero-order chi connectivity index (χ0) is 16.9. The van der Waals surface area contributed by atoms with Gasteiger partial charge in [-0.25, -0.2) is 4.98 Å². The first kappa shape index (κ1) is 15.8. The number of nitrogens with zero attached hydrogens (tertiary/aromatic N) is 2. The second-order valence-electron chi connectivity index (χ2n) is 4.99. The Bertz CT molecular complexity index is 860. The third-order valence-corrected chi connectivity index (χ3v) is 4.14. The summed E-state index contributed by atoms with van der Waals surface area (Å²) in [5.41, 5.74) is 2.56. The smallest absolute Gasteiger partial charge is 0.309 e. The first-order chi connectivity index (χ1) is 11.6. The number of benzene rings is 1. The number of hydrogen-bond acceptors (Lipinski definition) is 5. The van der Waals surface area contributed by atoms with Crippen molar-refractivity contribution in [3.63, 3.8) is 0 Å². The number of hydrogen-bond donors (Lipinski definition) is 2. The van der Waals surface area contributed by atoms with Crippen molar-refractivity contribution in [3.8, 4) is 10.6 Å². The van der Waals surface area contributed by atoms with Gasteiger partial charge in [0.2, 0.25) is 0 Å². The maximum absolute atomic E-state index is 12.1. The molecule has 0 aliphatic rings. The highest BCUT2D eigenvalue weighted by Gasteiger charge is 2.09.